The lowest BCUT2D eigenvalue weighted by atomic mass is 10.0. The molecule has 2 rings (SSSR count). The molecule has 0 saturated carbocycles. The molecule has 2 aromatic rings. The first-order chi connectivity index (χ1) is 9.54. The van der Waals surface area contributed by atoms with Gasteiger partial charge in [-0.05, 0) is 41.3 Å². The van der Waals surface area contributed by atoms with Gasteiger partial charge in [0.2, 0.25) is 5.91 Å². The molecule has 104 valence electrons. The van der Waals surface area contributed by atoms with E-state index in [1.807, 2.05) is 30.3 Å². The van der Waals surface area contributed by atoms with E-state index in [1.54, 1.807) is 12.1 Å². The zero-order valence-electron chi connectivity index (χ0n) is 11.7. The summed E-state index contributed by atoms with van der Waals surface area (Å²) in [4.78, 5) is 12.0. The van der Waals surface area contributed by atoms with Crippen molar-refractivity contribution in [2.75, 3.05) is 5.32 Å². The summed E-state index contributed by atoms with van der Waals surface area (Å²) < 4.78 is 0. The molecular weight excluding hydrogens is 270 g/mol. The molecule has 0 heterocycles. The zero-order valence-corrected chi connectivity index (χ0v) is 12.4. The molecule has 0 aliphatic carbocycles. The van der Waals surface area contributed by atoms with Crippen LogP contribution in [0.2, 0.25) is 5.02 Å². The number of rotatable bonds is 4. The van der Waals surface area contributed by atoms with Gasteiger partial charge in [0.05, 0.1) is 6.42 Å². The van der Waals surface area contributed by atoms with Crippen LogP contribution >= 0.6 is 11.6 Å². The molecule has 0 radical (unpaired) electrons. The molecule has 1 amide bonds. The van der Waals surface area contributed by atoms with Crippen LogP contribution in [-0.4, -0.2) is 5.91 Å². The Hall–Kier alpha value is -1.80. The predicted octanol–water partition coefficient (Wildman–Crippen LogP) is 4.64. The Labute approximate surface area is 124 Å². The second-order valence-corrected chi connectivity index (χ2v) is 5.57. The number of hydrogen-bond donors (Lipinski definition) is 1. The van der Waals surface area contributed by atoms with Gasteiger partial charge in [0.1, 0.15) is 0 Å². The van der Waals surface area contributed by atoms with Crippen LogP contribution in [0.4, 0.5) is 5.69 Å². The monoisotopic (exact) mass is 287 g/mol. The predicted molar refractivity (Wildman–Crippen MR) is 84.3 cm³/mol. The molecule has 0 aromatic heterocycles. The topological polar surface area (TPSA) is 29.1 Å². The van der Waals surface area contributed by atoms with E-state index in [0.717, 1.165) is 11.3 Å². The summed E-state index contributed by atoms with van der Waals surface area (Å²) in [6.45, 7) is 4.27. The van der Waals surface area contributed by atoms with Crippen LogP contribution in [0, 0.1) is 0 Å². The fourth-order valence-corrected chi connectivity index (χ4v) is 2.09. The molecular formula is C17H18ClNO. The van der Waals surface area contributed by atoms with Crippen LogP contribution in [-0.2, 0) is 11.2 Å². The maximum absolute atomic E-state index is 12.0. The second kappa shape index (κ2) is 6.58. The lowest BCUT2D eigenvalue weighted by Gasteiger charge is -2.09. The van der Waals surface area contributed by atoms with Crippen LogP contribution < -0.4 is 5.32 Å². The standard InChI is InChI=1S/C17H18ClNO/c1-12(2)14-4-3-5-16(11-14)19-17(20)10-13-6-8-15(18)9-7-13/h3-9,11-12H,10H2,1-2H3,(H,19,20). The molecule has 20 heavy (non-hydrogen) atoms. The molecule has 0 aliphatic rings. The summed E-state index contributed by atoms with van der Waals surface area (Å²) in [7, 11) is 0. The van der Waals surface area contributed by atoms with Crippen LogP contribution in [0.15, 0.2) is 48.5 Å². The summed E-state index contributed by atoms with van der Waals surface area (Å²) in [6.07, 6.45) is 0.350. The third kappa shape index (κ3) is 4.10. The van der Waals surface area contributed by atoms with Crippen molar-refractivity contribution in [1.82, 2.24) is 0 Å². The van der Waals surface area contributed by atoms with Gasteiger partial charge in [0, 0.05) is 10.7 Å². The Kier molecular flexibility index (Phi) is 4.80. The normalized spacial score (nSPS) is 10.6. The molecule has 2 nitrogen and oxygen atoms in total. The Bertz CT molecular complexity index is 590. The first-order valence-corrected chi connectivity index (χ1v) is 7.06. The highest BCUT2D eigenvalue weighted by Crippen LogP contribution is 2.18. The molecule has 0 bridgehead atoms. The van der Waals surface area contributed by atoms with Crippen LogP contribution in [0.1, 0.15) is 30.9 Å². The van der Waals surface area contributed by atoms with Gasteiger partial charge < -0.3 is 5.32 Å². The minimum Gasteiger partial charge on any atom is -0.326 e. The first-order valence-electron chi connectivity index (χ1n) is 6.69. The molecule has 0 spiro atoms. The highest BCUT2D eigenvalue weighted by molar-refractivity contribution is 6.30. The van der Waals surface area contributed by atoms with Gasteiger partial charge >= 0.3 is 0 Å². The van der Waals surface area contributed by atoms with E-state index in [1.165, 1.54) is 5.56 Å². The SMILES string of the molecule is CC(C)c1cccc(NC(=O)Cc2ccc(Cl)cc2)c1. The average molecular weight is 288 g/mol. The van der Waals surface area contributed by atoms with Crippen LogP contribution in [0.5, 0.6) is 0 Å². The minimum atomic E-state index is -0.0202. The maximum atomic E-state index is 12.0. The largest absolute Gasteiger partial charge is 0.326 e. The molecule has 0 aliphatic heterocycles. The van der Waals surface area contributed by atoms with Crippen molar-refractivity contribution in [2.45, 2.75) is 26.2 Å². The third-order valence-corrected chi connectivity index (χ3v) is 3.37. The lowest BCUT2D eigenvalue weighted by Crippen LogP contribution is -2.14. The van der Waals surface area contributed by atoms with E-state index >= 15 is 0 Å². The maximum Gasteiger partial charge on any atom is 0.228 e. The summed E-state index contributed by atoms with van der Waals surface area (Å²) in [5.74, 6) is 0.427. The number of anilines is 1. The number of carbonyl (C=O) groups is 1. The van der Waals surface area contributed by atoms with Gasteiger partial charge in [-0.1, -0.05) is 49.7 Å². The van der Waals surface area contributed by atoms with Crippen molar-refractivity contribution in [1.29, 1.82) is 0 Å². The van der Waals surface area contributed by atoms with Crippen molar-refractivity contribution in [3.8, 4) is 0 Å². The van der Waals surface area contributed by atoms with Gasteiger partial charge in [0.25, 0.3) is 0 Å². The number of benzene rings is 2. The van der Waals surface area contributed by atoms with E-state index < -0.39 is 0 Å². The van der Waals surface area contributed by atoms with Crippen molar-refractivity contribution in [3.05, 3.63) is 64.7 Å². The highest BCUT2D eigenvalue weighted by atomic mass is 35.5. The fourth-order valence-electron chi connectivity index (χ4n) is 1.97. The average Bonchev–Trinajstić information content (AvgIpc) is 2.41. The van der Waals surface area contributed by atoms with Gasteiger partial charge in [-0.25, -0.2) is 0 Å². The number of carbonyl (C=O) groups excluding carboxylic acids is 1. The van der Waals surface area contributed by atoms with E-state index in [2.05, 4.69) is 25.2 Å². The summed E-state index contributed by atoms with van der Waals surface area (Å²) in [5.41, 5.74) is 3.01. The number of halogens is 1. The Morgan fingerprint density at radius 1 is 1.15 bits per heavy atom. The van der Waals surface area contributed by atoms with Crippen LogP contribution in [0.3, 0.4) is 0 Å². The molecule has 0 fully saturated rings. The Morgan fingerprint density at radius 2 is 1.85 bits per heavy atom. The fraction of sp³-hybridized carbons (Fsp3) is 0.235. The lowest BCUT2D eigenvalue weighted by molar-refractivity contribution is -0.115. The van der Waals surface area contributed by atoms with Crippen molar-refractivity contribution >= 4 is 23.2 Å². The van der Waals surface area contributed by atoms with E-state index in [4.69, 9.17) is 11.6 Å². The highest BCUT2D eigenvalue weighted by Gasteiger charge is 2.06. The first kappa shape index (κ1) is 14.6. The molecule has 0 unspecified atom stereocenters. The van der Waals surface area contributed by atoms with Crippen molar-refractivity contribution < 1.29 is 4.79 Å². The second-order valence-electron chi connectivity index (χ2n) is 5.13. The summed E-state index contributed by atoms with van der Waals surface area (Å²) in [5, 5.41) is 3.61. The van der Waals surface area contributed by atoms with Gasteiger partial charge in [-0.15, -0.1) is 0 Å². The minimum absolute atomic E-state index is 0.0202. The molecule has 3 heteroatoms. The number of hydrogen-bond acceptors (Lipinski definition) is 1. The van der Waals surface area contributed by atoms with E-state index in [9.17, 15) is 4.79 Å². The molecule has 1 N–H and O–H groups in total. The third-order valence-electron chi connectivity index (χ3n) is 3.11. The molecule has 0 atom stereocenters. The summed E-state index contributed by atoms with van der Waals surface area (Å²) in [6, 6.07) is 15.3. The number of nitrogens with one attached hydrogen (secondary N) is 1. The van der Waals surface area contributed by atoms with Crippen molar-refractivity contribution in [3.63, 3.8) is 0 Å². The number of amides is 1. The Morgan fingerprint density at radius 3 is 2.50 bits per heavy atom. The van der Waals surface area contributed by atoms with E-state index in [0.29, 0.717) is 17.4 Å². The smallest absolute Gasteiger partial charge is 0.228 e. The van der Waals surface area contributed by atoms with Crippen molar-refractivity contribution in [2.24, 2.45) is 0 Å². The summed E-state index contributed by atoms with van der Waals surface area (Å²) >= 11 is 5.82. The quantitative estimate of drug-likeness (QED) is 0.872. The zero-order chi connectivity index (χ0) is 14.5. The molecule has 2 aromatic carbocycles. The van der Waals surface area contributed by atoms with Crippen LogP contribution in [0.25, 0.3) is 0 Å². The molecule has 0 saturated heterocycles. The van der Waals surface area contributed by atoms with E-state index in [-0.39, 0.29) is 5.91 Å². The van der Waals surface area contributed by atoms with Gasteiger partial charge in [-0.3, -0.25) is 4.79 Å². The van der Waals surface area contributed by atoms with Gasteiger partial charge in [0.15, 0.2) is 0 Å². The van der Waals surface area contributed by atoms with Gasteiger partial charge in [-0.2, -0.15) is 0 Å². The Balaban J connectivity index is 2.01.